The molecule has 0 aliphatic heterocycles. The Morgan fingerprint density at radius 1 is 1.12 bits per heavy atom. The zero-order chi connectivity index (χ0) is 19.9. The summed E-state index contributed by atoms with van der Waals surface area (Å²) in [6.07, 6.45) is -5.19. The Kier molecular flexibility index (Phi) is 5.48. The highest BCUT2D eigenvalue weighted by Crippen LogP contribution is 2.35. The highest BCUT2D eigenvalue weighted by Gasteiger charge is 2.36. The molecule has 2 aromatic rings. The summed E-state index contributed by atoms with van der Waals surface area (Å²) in [7, 11) is 0. The van der Waals surface area contributed by atoms with E-state index in [4.69, 9.17) is 23.2 Å². The van der Waals surface area contributed by atoms with Crippen molar-refractivity contribution in [3.05, 3.63) is 66.7 Å². The molecule has 0 amide bonds. The average Bonchev–Trinajstić information content (AvgIpc) is 2.48. The second kappa shape index (κ2) is 6.99. The number of nitrogens with zero attached hydrogens (tertiary/aromatic N) is 1. The van der Waals surface area contributed by atoms with Gasteiger partial charge in [-0.1, -0.05) is 17.7 Å². The minimum atomic E-state index is -4.75. The third-order valence-corrected chi connectivity index (χ3v) is 3.93. The van der Waals surface area contributed by atoms with E-state index in [1.807, 2.05) is 0 Å². The van der Waals surface area contributed by atoms with Crippen molar-refractivity contribution in [2.75, 3.05) is 0 Å². The molecule has 1 aromatic carbocycles. The Morgan fingerprint density at radius 3 is 2.23 bits per heavy atom. The maximum Gasteiger partial charge on any atom is 0.416 e. The van der Waals surface area contributed by atoms with E-state index < -0.39 is 57.9 Å². The van der Waals surface area contributed by atoms with E-state index >= 15 is 0 Å². The summed E-state index contributed by atoms with van der Waals surface area (Å²) in [5.74, 6) is -1.23. The van der Waals surface area contributed by atoms with Crippen LogP contribution in [-0.4, -0.2) is 9.55 Å². The lowest BCUT2D eigenvalue weighted by Gasteiger charge is -2.17. The van der Waals surface area contributed by atoms with Crippen LogP contribution in [0.1, 0.15) is 16.8 Å². The molecule has 1 aromatic heterocycles. The van der Waals surface area contributed by atoms with Crippen LogP contribution in [0.5, 0.6) is 0 Å². The monoisotopic (exact) mass is 420 g/mol. The molecule has 142 valence electrons. The number of H-pyrrole nitrogens is 1. The van der Waals surface area contributed by atoms with E-state index in [2.05, 4.69) is 0 Å². The quantitative estimate of drug-likeness (QED) is 0.602. The summed E-state index contributed by atoms with van der Waals surface area (Å²) >= 11 is 10.3. The summed E-state index contributed by atoms with van der Waals surface area (Å²) in [4.78, 5) is 24.8. The lowest BCUT2D eigenvalue weighted by molar-refractivity contribution is -0.137. The standard InChI is InChI=1S/C14H8Cl2F6N2O2/c15-9-10(13(16,18)19)24(12(26)23-11(9)25)4-3-6-1-2-7(5-8(6)17)14(20,21)22/h1-2,5H,3-4H2,(H,23,25,26). The van der Waals surface area contributed by atoms with Crippen molar-refractivity contribution in [3.8, 4) is 0 Å². The predicted molar refractivity (Wildman–Crippen MR) is 81.2 cm³/mol. The SMILES string of the molecule is O=c1[nH]c(=O)n(CCc2ccc(C(F)(F)F)cc2F)c(C(F)(F)Cl)c1Cl. The summed E-state index contributed by atoms with van der Waals surface area (Å²) < 4.78 is 78.7. The number of hydrogen-bond acceptors (Lipinski definition) is 2. The molecule has 0 fully saturated rings. The first kappa shape index (κ1) is 20.4. The maximum atomic E-state index is 13.8. The van der Waals surface area contributed by atoms with Crippen molar-refractivity contribution in [2.45, 2.75) is 24.5 Å². The number of aryl methyl sites for hydroxylation is 1. The van der Waals surface area contributed by atoms with E-state index in [0.29, 0.717) is 10.6 Å². The minimum absolute atomic E-state index is 0.245. The number of alkyl halides is 6. The van der Waals surface area contributed by atoms with Gasteiger partial charge in [-0.05, 0) is 35.7 Å². The number of nitrogens with one attached hydrogen (secondary N) is 1. The van der Waals surface area contributed by atoms with Crippen LogP contribution in [0.3, 0.4) is 0 Å². The molecule has 2 rings (SSSR count). The second-order valence-electron chi connectivity index (χ2n) is 5.13. The number of halogens is 8. The number of rotatable bonds is 4. The fourth-order valence-electron chi connectivity index (χ4n) is 2.20. The third-order valence-electron chi connectivity index (χ3n) is 3.40. The smallest absolute Gasteiger partial charge is 0.289 e. The average molecular weight is 421 g/mol. The van der Waals surface area contributed by atoms with E-state index in [1.54, 1.807) is 4.98 Å². The van der Waals surface area contributed by atoms with Gasteiger partial charge >= 0.3 is 17.2 Å². The van der Waals surface area contributed by atoms with Gasteiger partial charge in [0.05, 0.1) is 5.56 Å². The van der Waals surface area contributed by atoms with Gasteiger partial charge < -0.3 is 0 Å². The lowest BCUT2D eigenvalue weighted by atomic mass is 10.1. The normalized spacial score (nSPS) is 12.5. The van der Waals surface area contributed by atoms with Crippen LogP contribution < -0.4 is 11.2 Å². The van der Waals surface area contributed by atoms with Crippen LogP contribution in [-0.2, 0) is 24.5 Å². The highest BCUT2D eigenvalue weighted by molar-refractivity contribution is 6.32. The van der Waals surface area contributed by atoms with Gasteiger partial charge in [0.2, 0.25) is 0 Å². The van der Waals surface area contributed by atoms with E-state index in [9.17, 15) is 35.9 Å². The number of benzene rings is 1. The zero-order valence-corrected chi connectivity index (χ0v) is 13.9. The Hall–Kier alpha value is -1.94. The number of hydrogen-bond donors (Lipinski definition) is 1. The fraction of sp³-hybridized carbons (Fsp3) is 0.286. The Bertz CT molecular complexity index is 946. The maximum absolute atomic E-state index is 13.8. The van der Waals surface area contributed by atoms with Crippen LogP contribution >= 0.6 is 23.2 Å². The largest absolute Gasteiger partial charge is 0.416 e. The van der Waals surface area contributed by atoms with Crippen molar-refractivity contribution < 1.29 is 26.3 Å². The summed E-state index contributed by atoms with van der Waals surface area (Å²) in [6, 6.07) is 1.67. The second-order valence-corrected chi connectivity index (χ2v) is 5.98. The molecule has 0 bridgehead atoms. The van der Waals surface area contributed by atoms with E-state index in [1.165, 1.54) is 0 Å². The van der Waals surface area contributed by atoms with E-state index in [-0.39, 0.29) is 11.6 Å². The zero-order valence-electron chi connectivity index (χ0n) is 12.4. The Balaban J connectivity index is 2.41. The summed E-state index contributed by atoms with van der Waals surface area (Å²) in [5, 5.41) is -5.21. The van der Waals surface area contributed by atoms with Crippen molar-refractivity contribution in [1.29, 1.82) is 0 Å². The van der Waals surface area contributed by atoms with Gasteiger partial charge in [-0.15, -0.1) is 0 Å². The fourth-order valence-corrected chi connectivity index (χ4v) is 2.71. The summed E-state index contributed by atoms with van der Waals surface area (Å²) in [6.45, 7) is -0.616. The first-order chi connectivity index (χ1) is 11.8. The first-order valence-corrected chi connectivity index (χ1v) is 7.53. The van der Waals surface area contributed by atoms with Crippen molar-refractivity contribution in [3.63, 3.8) is 0 Å². The molecule has 0 radical (unpaired) electrons. The molecule has 0 saturated heterocycles. The molecule has 0 aliphatic carbocycles. The lowest BCUT2D eigenvalue weighted by Crippen LogP contribution is -2.36. The number of aromatic amines is 1. The van der Waals surface area contributed by atoms with Gasteiger partial charge in [0.1, 0.15) is 16.5 Å². The molecule has 12 heteroatoms. The van der Waals surface area contributed by atoms with Gasteiger partial charge in [0, 0.05) is 6.54 Å². The molecule has 1 heterocycles. The molecule has 0 unspecified atom stereocenters. The van der Waals surface area contributed by atoms with Crippen molar-refractivity contribution >= 4 is 23.2 Å². The van der Waals surface area contributed by atoms with Crippen molar-refractivity contribution in [1.82, 2.24) is 9.55 Å². The molecule has 1 N–H and O–H groups in total. The van der Waals surface area contributed by atoms with Crippen LogP contribution in [0.4, 0.5) is 26.3 Å². The van der Waals surface area contributed by atoms with Crippen LogP contribution in [0.15, 0.2) is 27.8 Å². The molecule has 0 atom stereocenters. The third kappa shape index (κ3) is 4.24. The minimum Gasteiger partial charge on any atom is -0.289 e. The van der Waals surface area contributed by atoms with Crippen LogP contribution in [0.2, 0.25) is 5.02 Å². The van der Waals surface area contributed by atoms with Gasteiger partial charge in [0.15, 0.2) is 0 Å². The van der Waals surface area contributed by atoms with Gasteiger partial charge in [0.25, 0.3) is 5.56 Å². The molecular formula is C14H8Cl2F6N2O2. The molecule has 0 aliphatic rings. The van der Waals surface area contributed by atoms with Crippen LogP contribution in [0.25, 0.3) is 0 Å². The highest BCUT2D eigenvalue weighted by atomic mass is 35.5. The molecule has 0 spiro atoms. The van der Waals surface area contributed by atoms with Gasteiger partial charge in [-0.2, -0.15) is 22.0 Å². The Morgan fingerprint density at radius 2 is 1.73 bits per heavy atom. The first-order valence-electron chi connectivity index (χ1n) is 6.78. The molecule has 4 nitrogen and oxygen atoms in total. The summed E-state index contributed by atoms with van der Waals surface area (Å²) in [5.41, 5.74) is -5.35. The van der Waals surface area contributed by atoms with Crippen LogP contribution in [0, 0.1) is 5.82 Å². The number of aromatic nitrogens is 2. The molecular weight excluding hydrogens is 413 g/mol. The van der Waals surface area contributed by atoms with E-state index in [0.717, 1.165) is 6.07 Å². The topological polar surface area (TPSA) is 54.9 Å². The Labute approximate surface area is 151 Å². The molecule has 26 heavy (non-hydrogen) atoms. The van der Waals surface area contributed by atoms with Crippen molar-refractivity contribution in [2.24, 2.45) is 0 Å². The van der Waals surface area contributed by atoms with Gasteiger partial charge in [-0.3, -0.25) is 14.3 Å². The van der Waals surface area contributed by atoms with Gasteiger partial charge in [-0.25, -0.2) is 9.18 Å². The molecule has 0 saturated carbocycles. The predicted octanol–water partition coefficient (Wildman–Crippen LogP) is 3.88.